The van der Waals surface area contributed by atoms with Gasteiger partial charge in [0.05, 0.1) is 18.5 Å². The van der Waals surface area contributed by atoms with Gasteiger partial charge in [0.2, 0.25) is 0 Å². The molecule has 0 aromatic carbocycles. The molecule has 3 nitrogen and oxygen atoms in total. The topological polar surface area (TPSA) is 48.9 Å². The lowest BCUT2D eigenvalue weighted by Crippen LogP contribution is -2.13. The van der Waals surface area contributed by atoms with Crippen LogP contribution in [-0.4, -0.2) is 15.1 Å². The average molecular weight is 208 g/mol. The highest BCUT2D eigenvalue weighted by atomic mass is 16.3. The lowest BCUT2D eigenvalue weighted by Gasteiger charge is -2.26. The van der Waals surface area contributed by atoms with Gasteiger partial charge in [-0.3, -0.25) is 0 Å². The number of H-pyrrole nitrogens is 1. The largest absolute Gasteiger partial charge is 0.390 e. The van der Waals surface area contributed by atoms with Crippen LogP contribution in [0.15, 0.2) is 6.20 Å². The molecule has 0 aliphatic heterocycles. The molecule has 0 radical (unpaired) electrons. The molecule has 2 N–H and O–H groups in total. The second-order valence-electron chi connectivity index (χ2n) is 4.58. The fourth-order valence-electron chi connectivity index (χ4n) is 2.51. The van der Waals surface area contributed by atoms with E-state index in [-0.39, 0.29) is 6.61 Å². The Kier molecular flexibility index (Phi) is 3.41. The summed E-state index contributed by atoms with van der Waals surface area (Å²) in [6.07, 6.45) is 8.22. The van der Waals surface area contributed by atoms with Crippen molar-refractivity contribution in [1.82, 2.24) is 9.97 Å². The van der Waals surface area contributed by atoms with E-state index in [4.69, 9.17) is 5.11 Å². The average Bonchev–Trinajstić information content (AvgIpc) is 2.78. The summed E-state index contributed by atoms with van der Waals surface area (Å²) in [4.78, 5) is 7.55. The molecular formula is C12H20N2O. The smallest absolute Gasteiger partial charge is 0.109 e. The number of hydrogen-bond donors (Lipinski definition) is 2. The first-order valence-corrected chi connectivity index (χ1v) is 5.98. The first kappa shape index (κ1) is 10.7. The Labute approximate surface area is 90.9 Å². The van der Waals surface area contributed by atoms with Gasteiger partial charge in [0.1, 0.15) is 5.82 Å². The van der Waals surface area contributed by atoms with E-state index < -0.39 is 0 Å². The maximum Gasteiger partial charge on any atom is 0.109 e. The molecule has 1 aliphatic carbocycles. The molecule has 1 aliphatic rings. The van der Waals surface area contributed by atoms with Crippen LogP contribution < -0.4 is 0 Å². The standard InChI is InChI=1S/C12H20N2O/c1-2-9-3-5-10(6-4-9)12-13-7-11(8-15)14-12/h7,9-10,15H,2-6,8H2,1H3,(H,13,14). The highest BCUT2D eigenvalue weighted by Crippen LogP contribution is 2.35. The van der Waals surface area contributed by atoms with Crippen LogP contribution in [0.1, 0.15) is 56.5 Å². The predicted octanol–water partition coefficient (Wildman–Crippen LogP) is 2.59. The number of nitrogens with one attached hydrogen (secondary N) is 1. The molecule has 1 fully saturated rings. The van der Waals surface area contributed by atoms with E-state index in [1.54, 1.807) is 6.20 Å². The first-order valence-electron chi connectivity index (χ1n) is 5.98. The lowest BCUT2D eigenvalue weighted by atomic mass is 9.80. The second-order valence-corrected chi connectivity index (χ2v) is 4.58. The van der Waals surface area contributed by atoms with Crippen molar-refractivity contribution in [3.8, 4) is 0 Å². The van der Waals surface area contributed by atoms with Crippen molar-refractivity contribution in [1.29, 1.82) is 0 Å². The van der Waals surface area contributed by atoms with Gasteiger partial charge in [0, 0.05) is 5.92 Å². The molecule has 84 valence electrons. The zero-order valence-corrected chi connectivity index (χ0v) is 9.37. The van der Waals surface area contributed by atoms with E-state index in [1.165, 1.54) is 32.1 Å². The van der Waals surface area contributed by atoms with Gasteiger partial charge in [-0.15, -0.1) is 0 Å². The predicted molar refractivity (Wildman–Crippen MR) is 59.5 cm³/mol. The summed E-state index contributed by atoms with van der Waals surface area (Å²) in [5, 5.41) is 8.96. The number of aliphatic hydroxyl groups excluding tert-OH is 1. The van der Waals surface area contributed by atoms with Crippen molar-refractivity contribution < 1.29 is 5.11 Å². The van der Waals surface area contributed by atoms with Gasteiger partial charge >= 0.3 is 0 Å². The van der Waals surface area contributed by atoms with Gasteiger partial charge in [-0.25, -0.2) is 4.98 Å². The van der Waals surface area contributed by atoms with Crippen molar-refractivity contribution in [3.63, 3.8) is 0 Å². The van der Waals surface area contributed by atoms with Crippen LogP contribution in [0.3, 0.4) is 0 Å². The molecule has 3 heteroatoms. The zero-order valence-electron chi connectivity index (χ0n) is 9.37. The highest BCUT2D eigenvalue weighted by molar-refractivity contribution is 5.05. The van der Waals surface area contributed by atoms with Crippen LogP contribution in [0, 0.1) is 5.92 Å². The van der Waals surface area contributed by atoms with Gasteiger partial charge in [-0.1, -0.05) is 13.3 Å². The Morgan fingerprint density at radius 2 is 2.13 bits per heavy atom. The second kappa shape index (κ2) is 4.79. The van der Waals surface area contributed by atoms with Crippen LogP contribution in [0.2, 0.25) is 0 Å². The normalized spacial score (nSPS) is 26.8. The van der Waals surface area contributed by atoms with E-state index in [2.05, 4.69) is 16.9 Å². The third-order valence-electron chi connectivity index (χ3n) is 3.63. The van der Waals surface area contributed by atoms with Crippen LogP contribution in [-0.2, 0) is 6.61 Å². The molecule has 0 saturated heterocycles. The van der Waals surface area contributed by atoms with Gasteiger partial charge in [0.15, 0.2) is 0 Å². The number of nitrogens with zero attached hydrogens (tertiary/aromatic N) is 1. The third-order valence-corrected chi connectivity index (χ3v) is 3.63. The minimum atomic E-state index is 0.0668. The molecule has 0 bridgehead atoms. The van der Waals surface area contributed by atoms with E-state index in [0.717, 1.165) is 17.4 Å². The van der Waals surface area contributed by atoms with Gasteiger partial charge in [0.25, 0.3) is 0 Å². The molecular weight excluding hydrogens is 188 g/mol. The monoisotopic (exact) mass is 208 g/mol. The fourth-order valence-corrected chi connectivity index (χ4v) is 2.51. The summed E-state index contributed by atoms with van der Waals surface area (Å²) in [5.74, 6) is 2.59. The Hall–Kier alpha value is -0.830. The Morgan fingerprint density at radius 3 is 2.67 bits per heavy atom. The molecule has 1 heterocycles. The number of rotatable bonds is 3. The Morgan fingerprint density at radius 1 is 1.40 bits per heavy atom. The van der Waals surface area contributed by atoms with E-state index in [0.29, 0.717) is 5.92 Å². The number of aromatic amines is 1. The van der Waals surface area contributed by atoms with Crippen LogP contribution >= 0.6 is 0 Å². The van der Waals surface area contributed by atoms with Crippen LogP contribution in [0.4, 0.5) is 0 Å². The Bertz CT molecular complexity index is 300. The van der Waals surface area contributed by atoms with Crippen molar-refractivity contribution >= 4 is 0 Å². The SMILES string of the molecule is CCC1CCC(c2ncc(CO)[nH]2)CC1. The molecule has 1 saturated carbocycles. The quantitative estimate of drug-likeness (QED) is 0.802. The maximum absolute atomic E-state index is 8.96. The zero-order chi connectivity index (χ0) is 10.7. The summed E-state index contributed by atoms with van der Waals surface area (Å²) < 4.78 is 0. The molecule has 0 unspecified atom stereocenters. The van der Waals surface area contributed by atoms with Gasteiger partial charge in [-0.05, 0) is 31.6 Å². The minimum absolute atomic E-state index is 0.0668. The molecule has 1 aromatic heterocycles. The number of imidazole rings is 1. The first-order chi connectivity index (χ1) is 7.33. The number of aliphatic hydroxyl groups is 1. The lowest BCUT2D eigenvalue weighted by molar-refractivity contribution is 0.276. The summed E-state index contributed by atoms with van der Waals surface area (Å²) >= 11 is 0. The Balaban J connectivity index is 1.95. The number of aromatic nitrogens is 2. The molecule has 2 rings (SSSR count). The summed E-state index contributed by atoms with van der Waals surface area (Å²) in [5.41, 5.74) is 0.836. The molecule has 0 spiro atoms. The maximum atomic E-state index is 8.96. The van der Waals surface area contributed by atoms with Crippen LogP contribution in [0.25, 0.3) is 0 Å². The minimum Gasteiger partial charge on any atom is -0.390 e. The summed E-state index contributed by atoms with van der Waals surface area (Å²) in [6, 6.07) is 0. The number of hydrogen-bond acceptors (Lipinski definition) is 2. The van der Waals surface area contributed by atoms with Gasteiger partial charge in [-0.2, -0.15) is 0 Å². The fraction of sp³-hybridized carbons (Fsp3) is 0.750. The van der Waals surface area contributed by atoms with Crippen molar-refractivity contribution in [2.45, 2.75) is 51.6 Å². The van der Waals surface area contributed by atoms with Crippen molar-refractivity contribution in [3.05, 3.63) is 17.7 Å². The van der Waals surface area contributed by atoms with E-state index >= 15 is 0 Å². The summed E-state index contributed by atoms with van der Waals surface area (Å²) in [6.45, 7) is 2.35. The molecule has 0 amide bonds. The third kappa shape index (κ3) is 2.40. The molecule has 15 heavy (non-hydrogen) atoms. The van der Waals surface area contributed by atoms with E-state index in [1.807, 2.05) is 0 Å². The van der Waals surface area contributed by atoms with Gasteiger partial charge < -0.3 is 10.1 Å². The highest BCUT2D eigenvalue weighted by Gasteiger charge is 2.23. The van der Waals surface area contributed by atoms with E-state index in [9.17, 15) is 0 Å². The summed E-state index contributed by atoms with van der Waals surface area (Å²) in [7, 11) is 0. The van der Waals surface area contributed by atoms with Crippen LogP contribution in [0.5, 0.6) is 0 Å². The molecule has 0 atom stereocenters. The van der Waals surface area contributed by atoms with Crippen molar-refractivity contribution in [2.24, 2.45) is 5.92 Å². The van der Waals surface area contributed by atoms with Crippen molar-refractivity contribution in [2.75, 3.05) is 0 Å². The molecule has 1 aromatic rings.